The molecule has 3 nitrogen and oxygen atoms in total. The molecule has 1 amide bonds. The third-order valence-electron chi connectivity index (χ3n) is 6.61. The number of benzene rings is 1. The van der Waals surface area contributed by atoms with Gasteiger partial charge in [0.05, 0.1) is 32.7 Å². The number of carbonyl (C=O) groups excluding carboxylic acids is 1. The monoisotopic (exact) mass is 405 g/mol. The van der Waals surface area contributed by atoms with Crippen LogP contribution in [0.3, 0.4) is 0 Å². The first-order valence-electron chi connectivity index (χ1n) is 12.0. The highest BCUT2D eigenvalue weighted by atomic mass is 19.1. The average molecular weight is 406 g/mol. The largest absolute Gasteiger partial charge is 0.331 e. The Morgan fingerprint density at radius 1 is 0.966 bits per heavy atom. The number of amides is 1. The Balaban J connectivity index is 1.64. The van der Waals surface area contributed by atoms with E-state index in [0.717, 1.165) is 55.7 Å². The van der Waals surface area contributed by atoms with Gasteiger partial charge in [-0.2, -0.15) is 0 Å². The van der Waals surface area contributed by atoms with Crippen LogP contribution in [-0.2, 0) is 11.3 Å². The van der Waals surface area contributed by atoms with Crippen molar-refractivity contribution in [3.05, 3.63) is 35.6 Å². The summed E-state index contributed by atoms with van der Waals surface area (Å²) in [6.45, 7) is 9.95. The zero-order chi connectivity index (χ0) is 21.0. The molecule has 2 rings (SSSR count). The molecule has 29 heavy (non-hydrogen) atoms. The second-order valence-corrected chi connectivity index (χ2v) is 8.85. The third-order valence-corrected chi connectivity index (χ3v) is 6.61. The Morgan fingerprint density at radius 3 is 2.17 bits per heavy atom. The predicted molar refractivity (Wildman–Crippen MR) is 119 cm³/mol. The van der Waals surface area contributed by atoms with Crippen LogP contribution in [0.2, 0.25) is 0 Å². The first kappa shape index (κ1) is 23.9. The van der Waals surface area contributed by atoms with Gasteiger partial charge in [-0.15, -0.1) is 0 Å². The van der Waals surface area contributed by atoms with E-state index in [1.54, 1.807) is 12.1 Å². The maximum atomic E-state index is 13.5. The van der Waals surface area contributed by atoms with Gasteiger partial charge in [-0.1, -0.05) is 70.4 Å². The first-order valence-corrected chi connectivity index (χ1v) is 12.0. The van der Waals surface area contributed by atoms with Gasteiger partial charge in [0, 0.05) is 12.0 Å². The van der Waals surface area contributed by atoms with Gasteiger partial charge >= 0.3 is 0 Å². The number of quaternary nitrogens is 1. The Kier molecular flexibility index (Phi) is 10.7. The van der Waals surface area contributed by atoms with Crippen LogP contribution in [0.5, 0.6) is 0 Å². The van der Waals surface area contributed by atoms with Crippen LogP contribution in [0.15, 0.2) is 24.3 Å². The SMILES string of the molecule is CCCCCCCCCCCC(=O)N1CC[N+](CC)(Cc2cccc(F)c2)CC1. The minimum Gasteiger partial charge on any atom is -0.331 e. The highest BCUT2D eigenvalue weighted by molar-refractivity contribution is 5.76. The van der Waals surface area contributed by atoms with Gasteiger partial charge in [0.15, 0.2) is 0 Å². The summed E-state index contributed by atoms with van der Waals surface area (Å²) in [6.07, 6.45) is 12.3. The highest BCUT2D eigenvalue weighted by Gasteiger charge is 2.33. The Bertz CT molecular complexity index is 596. The minimum atomic E-state index is -0.161. The van der Waals surface area contributed by atoms with Crippen molar-refractivity contribution in [2.24, 2.45) is 0 Å². The molecule has 0 unspecified atom stereocenters. The predicted octanol–water partition coefficient (Wildman–Crippen LogP) is 5.93. The molecule has 4 heteroatoms. The summed E-state index contributed by atoms with van der Waals surface area (Å²) < 4.78 is 14.5. The Hall–Kier alpha value is -1.42. The second-order valence-electron chi connectivity index (χ2n) is 8.85. The molecule has 1 saturated heterocycles. The van der Waals surface area contributed by atoms with Gasteiger partial charge in [0.1, 0.15) is 12.4 Å². The fraction of sp³-hybridized carbons (Fsp3) is 0.720. The van der Waals surface area contributed by atoms with E-state index >= 15 is 0 Å². The molecule has 1 aliphatic heterocycles. The molecule has 1 heterocycles. The molecule has 0 atom stereocenters. The number of piperazine rings is 1. The minimum absolute atomic E-state index is 0.161. The normalized spacial score (nSPS) is 16.2. The summed E-state index contributed by atoms with van der Waals surface area (Å²) in [7, 11) is 0. The van der Waals surface area contributed by atoms with Gasteiger partial charge in [-0.3, -0.25) is 4.79 Å². The molecular weight excluding hydrogens is 363 g/mol. The average Bonchev–Trinajstić information content (AvgIpc) is 2.73. The smallest absolute Gasteiger partial charge is 0.222 e. The lowest BCUT2D eigenvalue weighted by Crippen LogP contribution is -2.59. The van der Waals surface area contributed by atoms with Crippen molar-refractivity contribution in [2.75, 3.05) is 32.7 Å². The number of likely N-dealkylation sites (N-methyl/N-ethyl adjacent to an activating group) is 1. The molecule has 0 aliphatic carbocycles. The van der Waals surface area contributed by atoms with Gasteiger partial charge in [0.25, 0.3) is 0 Å². The zero-order valence-electron chi connectivity index (χ0n) is 18.8. The highest BCUT2D eigenvalue weighted by Crippen LogP contribution is 2.20. The number of unbranched alkanes of at least 4 members (excludes halogenated alkanes) is 8. The maximum absolute atomic E-state index is 13.5. The molecular formula is C25H42FN2O+. The molecule has 0 radical (unpaired) electrons. The molecule has 0 bridgehead atoms. The molecule has 1 aromatic rings. The fourth-order valence-electron chi connectivity index (χ4n) is 4.49. The first-order chi connectivity index (χ1) is 14.1. The summed E-state index contributed by atoms with van der Waals surface area (Å²) >= 11 is 0. The fourth-order valence-corrected chi connectivity index (χ4v) is 4.49. The molecule has 0 N–H and O–H groups in total. The molecule has 1 aliphatic rings. The van der Waals surface area contributed by atoms with E-state index in [-0.39, 0.29) is 5.82 Å². The number of rotatable bonds is 13. The summed E-state index contributed by atoms with van der Waals surface area (Å²) in [5.41, 5.74) is 1.06. The molecule has 0 saturated carbocycles. The molecule has 0 spiro atoms. The van der Waals surface area contributed by atoms with E-state index < -0.39 is 0 Å². The summed E-state index contributed by atoms with van der Waals surface area (Å²) in [5.74, 6) is 0.166. The van der Waals surface area contributed by atoms with Crippen LogP contribution in [0.25, 0.3) is 0 Å². The lowest BCUT2D eigenvalue weighted by molar-refractivity contribution is -0.942. The summed E-state index contributed by atoms with van der Waals surface area (Å²) in [4.78, 5) is 14.6. The van der Waals surface area contributed by atoms with Crippen LogP contribution in [0, 0.1) is 5.82 Å². The van der Waals surface area contributed by atoms with Crippen molar-refractivity contribution in [1.29, 1.82) is 0 Å². The van der Waals surface area contributed by atoms with E-state index in [1.807, 2.05) is 6.07 Å². The quantitative estimate of drug-likeness (QED) is 0.294. The van der Waals surface area contributed by atoms with E-state index in [4.69, 9.17) is 0 Å². The van der Waals surface area contributed by atoms with Crippen LogP contribution in [-0.4, -0.2) is 48.0 Å². The van der Waals surface area contributed by atoms with Crippen molar-refractivity contribution >= 4 is 5.91 Å². The van der Waals surface area contributed by atoms with Gasteiger partial charge in [0.2, 0.25) is 5.91 Å². The number of hydrogen-bond acceptors (Lipinski definition) is 1. The summed E-state index contributed by atoms with van der Waals surface area (Å²) in [6, 6.07) is 6.96. The molecule has 0 aromatic heterocycles. The number of carbonyl (C=O) groups is 1. The van der Waals surface area contributed by atoms with Crippen LogP contribution < -0.4 is 0 Å². The number of hydrogen-bond donors (Lipinski definition) is 0. The van der Waals surface area contributed by atoms with Crippen molar-refractivity contribution < 1.29 is 13.7 Å². The van der Waals surface area contributed by atoms with Crippen molar-refractivity contribution in [2.45, 2.75) is 84.6 Å². The lowest BCUT2D eigenvalue weighted by Gasteiger charge is -2.44. The molecule has 164 valence electrons. The molecule has 1 aromatic carbocycles. The van der Waals surface area contributed by atoms with E-state index in [9.17, 15) is 9.18 Å². The third kappa shape index (κ3) is 8.46. The topological polar surface area (TPSA) is 20.3 Å². The van der Waals surface area contributed by atoms with Gasteiger partial charge < -0.3 is 9.38 Å². The van der Waals surface area contributed by atoms with E-state index in [0.29, 0.717) is 12.3 Å². The van der Waals surface area contributed by atoms with Crippen molar-refractivity contribution in [1.82, 2.24) is 4.90 Å². The van der Waals surface area contributed by atoms with E-state index in [1.165, 1.54) is 57.4 Å². The Labute approximate surface area is 177 Å². The van der Waals surface area contributed by atoms with Crippen LogP contribution in [0.4, 0.5) is 4.39 Å². The van der Waals surface area contributed by atoms with Gasteiger partial charge in [-0.05, 0) is 25.5 Å². The Morgan fingerprint density at radius 2 is 1.59 bits per heavy atom. The van der Waals surface area contributed by atoms with Crippen molar-refractivity contribution in [3.8, 4) is 0 Å². The number of halogens is 1. The molecule has 1 fully saturated rings. The number of nitrogens with zero attached hydrogens (tertiary/aromatic N) is 2. The van der Waals surface area contributed by atoms with E-state index in [2.05, 4.69) is 18.7 Å². The van der Waals surface area contributed by atoms with Crippen LogP contribution in [0.1, 0.15) is 83.6 Å². The second kappa shape index (κ2) is 13.0. The summed E-state index contributed by atoms with van der Waals surface area (Å²) in [5, 5.41) is 0. The van der Waals surface area contributed by atoms with Gasteiger partial charge in [-0.25, -0.2) is 4.39 Å². The lowest BCUT2D eigenvalue weighted by atomic mass is 10.1. The maximum Gasteiger partial charge on any atom is 0.222 e. The van der Waals surface area contributed by atoms with Crippen molar-refractivity contribution in [3.63, 3.8) is 0 Å². The zero-order valence-corrected chi connectivity index (χ0v) is 18.8. The van der Waals surface area contributed by atoms with Crippen LogP contribution >= 0.6 is 0 Å². The standard InChI is InChI=1S/C25H42FN2O/c1-3-5-6-7-8-9-10-11-12-16-25(29)27-17-19-28(4-2,20-18-27)22-23-14-13-15-24(26)21-23/h13-15,21H,3-12,16-20,22H2,1-2H3/q+1.